The summed E-state index contributed by atoms with van der Waals surface area (Å²) in [6.07, 6.45) is 3.07. The van der Waals surface area contributed by atoms with Crippen LogP contribution in [0.3, 0.4) is 0 Å². The van der Waals surface area contributed by atoms with Crippen molar-refractivity contribution in [2.75, 3.05) is 0 Å². The Hall–Kier alpha value is -2.86. The van der Waals surface area contributed by atoms with Crippen molar-refractivity contribution < 1.29 is 14.3 Å². The number of rotatable bonds is 3. The summed E-state index contributed by atoms with van der Waals surface area (Å²) in [4.78, 5) is 15.6. The van der Waals surface area contributed by atoms with E-state index in [0.29, 0.717) is 10.6 Å². The molecule has 4 rings (SSSR count). The van der Waals surface area contributed by atoms with Gasteiger partial charge < -0.3 is 14.1 Å². The fraction of sp³-hybridized carbons (Fsp3) is 0.0588. The molecular weight excluding hydrogens is 312 g/mol. The smallest absolute Gasteiger partial charge is 0.345 e. The molecule has 0 aliphatic heterocycles. The molecule has 0 radical (unpaired) electrons. The van der Waals surface area contributed by atoms with E-state index in [1.165, 1.54) is 17.7 Å². The van der Waals surface area contributed by atoms with Crippen molar-refractivity contribution in [2.45, 2.75) is 0 Å². The first-order valence-electron chi connectivity index (χ1n) is 6.96. The Morgan fingerprint density at radius 1 is 1.30 bits per heavy atom. The quantitative estimate of drug-likeness (QED) is 0.611. The maximum Gasteiger partial charge on any atom is 0.345 e. The third kappa shape index (κ3) is 2.07. The molecule has 1 N–H and O–H groups in total. The van der Waals surface area contributed by atoms with Crippen molar-refractivity contribution in [1.82, 2.24) is 9.55 Å². The Bertz CT molecular complexity index is 998. The van der Waals surface area contributed by atoms with Gasteiger partial charge in [0.15, 0.2) is 12.2 Å². The Morgan fingerprint density at radius 2 is 2.09 bits per heavy atom. The summed E-state index contributed by atoms with van der Waals surface area (Å²) in [5.74, 6) is -0.252. The van der Waals surface area contributed by atoms with Crippen molar-refractivity contribution in [2.24, 2.45) is 7.05 Å². The molecule has 0 spiro atoms. The number of hydrogen-bond acceptors (Lipinski definition) is 4. The van der Waals surface area contributed by atoms with Gasteiger partial charge in [-0.2, -0.15) is 0 Å². The zero-order valence-electron chi connectivity index (χ0n) is 12.2. The average molecular weight is 324 g/mol. The Balaban J connectivity index is 2.10. The summed E-state index contributed by atoms with van der Waals surface area (Å²) in [5, 5.41) is 9.28. The molecule has 0 bridgehead atoms. The van der Waals surface area contributed by atoms with E-state index in [-0.39, 0.29) is 0 Å². The second-order valence-corrected chi connectivity index (χ2v) is 6.20. The number of fused-ring (bicyclic) bond motifs is 1. The van der Waals surface area contributed by atoms with Gasteiger partial charge in [0.05, 0.1) is 22.1 Å². The molecule has 114 valence electrons. The molecule has 5 nitrogen and oxygen atoms in total. The molecule has 6 heteroatoms. The standard InChI is InChI=1S/C17H12N2O3S/c1-19-11-7-13(17(20)21)23-16(11)14(10-5-3-2-4-6-10)15(19)12-8-18-9-22-12/h2-9H,1H3,(H,20,21). The monoisotopic (exact) mass is 324 g/mol. The minimum Gasteiger partial charge on any atom is -0.477 e. The number of hydrogen-bond donors (Lipinski definition) is 1. The van der Waals surface area contributed by atoms with Crippen LogP contribution in [0.2, 0.25) is 0 Å². The first-order chi connectivity index (χ1) is 11.2. The summed E-state index contributed by atoms with van der Waals surface area (Å²) >= 11 is 1.28. The molecule has 0 atom stereocenters. The zero-order valence-corrected chi connectivity index (χ0v) is 13.0. The van der Waals surface area contributed by atoms with Gasteiger partial charge in [-0.3, -0.25) is 0 Å². The van der Waals surface area contributed by atoms with E-state index in [1.54, 1.807) is 12.3 Å². The number of aromatic nitrogens is 2. The van der Waals surface area contributed by atoms with Crippen LogP contribution in [-0.2, 0) is 7.05 Å². The SMILES string of the molecule is Cn1c(-c2cnco2)c(-c2ccccc2)c2sc(C(=O)O)cc21. The normalized spacial score (nSPS) is 11.2. The predicted molar refractivity (Wildman–Crippen MR) is 88.7 cm³/mol. The molecule has 3 heterocycles. The maximum absolute atomic E-state index is 11.3. The lowest BCUT2D eigenvalue weighted by atomic mass is 10.1. The van der Waals surface area contributed by atoms with Crippen LogP contribution < -0.4 is 0 Å². The number of nitrogens with zero attached hydrogens (tertiary/aromatic N) is 2. The van der Waals surface area contributed by atoms with Gasteiger partial charge in [0.2, 0.25) is 0 Å². The molecule has 0 saturated heterocycles. The van der Waals surface area contributed by atoms with Crippen LogP contribution in [0.15, 0.2) is 53.4 Å². The zero-order chi connectivity index (χ0) is 16.0. The Kier molecular flexibility index (Phi) is 3.06. The number of aryl methyl sites for hydroxylation is 1. The van der Waals surface area contributed by atoms with E-state index in [4.69, 9.17) is 4.42 Å². The minimum atomic E-state index is -0.911. The van der Waals surface area contributed by atoms with Crippen molar-refractivity contribution in [1.29, 1.82) is 0 Å². The van der Waals surface area contributed by atoms with E-state index in [1.807, 2.05) is 41.9 Å². The second kappa shape index (κ2) is 5.10. The van der Waals surface area contributed by atoms with Crippen LogP contribution in [0.4, 0.5) is 0 Å². The molecule has 3 aromatic heterocycles. The highest BCUT2D eigenvalue weighted by Gasteiger charge is 2.23. The van der Waals surface area contributed by atoms with Crippen LogP contribution in [0.5, 0.6) is 0 Å². The van der Waals surface area contributed by atoms with E-state index in [9.17, 15) is 9.90 Å². The summed E-state index contributed by atoms with van der Waals surface area (Å²) in [5.41, 5.74) is 3.75. The molecule has 0 unspecified atom stereocenters. The lowest BCUT2D eigenvalue weighted by Gasteiger charge is -2.05. The van der Waals surface area contributed by atoms with Gasteiger partial charge in [0.1, 0.15) is 4.88 Å². The highest BCUT2D eigenvalue weighted by molar-refractivity contribution is 7.21. The van der Waals surface area contributed by atoms with Crippen LogP contribution in [0, 0.1) is 0 Å². The maximum atomic E-state index is 11.3. The van der Waals surface area contributed by atoms with Crippen molar-refractivity contribution in [3.8, 4) is 22.6 Å². The van der Waals surface area contributed by atoms with Crippen LogP contribution >= 0.6 is 11.3 Å². The molecular formula is C17H12N2O3S. The molecule has 0 aliphatic carbocycles. The Morgan fingerprint density at radius 3 is 2.74 bits per heavy atom. The average Bonchev–Trinajstić information content (AvgIpc) is 3.25. The molecule has 0 saturated carbocycles. The number of carbonyl (C=O) groups is 1. The molecule has 4 aromatic rings. The predicted octanol–water partition coefficient (Wildman–Crippen LogP) is 4.26. The minimum absolute atomic E-state index is 0.326. The van der Waals surface area contributed by atoms with Gasteiger partial charge in [-0.05, 0) is 11.6 Å². The third-order valence-corrected chi connectivity index (χ3v) is 4.94. The number of carboxylic acid groups (broad SMARTS) is 1. The molecule has 23 heavy (non-hydrogen) atoms. The number of benzene rings is 1. The van der Waals surface area contributed by atoms with E-state index in [0.717, 1.165) is 27.0 Å². The van der Waals surface area contributed by atoms with Gasteiger partial charge in [0, 0.05) is 12.6 Å². The van der Waals surface area contributed by atoms with Gasteiger partial charge in [0.25, 0.3) is 0 Å². The first kappa shape index (κ1) is 13.8. The second-order valence-electron chi connectivity index (χ2n) is 5.14. The topological polar surface area (TPSA) is 68.3 Å². The highest BCUT2D eigenvalue weighted by atomic mass is 32.1. The highest BCUT2D eigenvalue weighted by Crippen LogP contribution is 2.43. The van der Waals surface area contributed by atoms with Crippen LogP contribution in [-0.4, -0.2) is 20.6 Å². The van der Waals surface area contributed by atoms with E-state index >= 15 is 0 Å². The fourth-order valence-electron chi connectivity index (χ4n) is 2.80. The third-order valence-electron chi connectivity index (χ3n) is 3.81. The number of carboxylic acids is 1. The first-order valence-corrected chi connectivity index (χ1v) is 7.78. The number of oxazole rings is 1. The lowest BCUT2D eigenvalue weighted by molar-refractivity contribution is 0.0702. The summed E-state index contributed by atoms with van der Waals surface area (Å²) in [6, 6.07) is 11.6. The van der Waals surface area contributed by atoms with E-state index in [2.05, 4.69) is 4.98 Å². The van der Waals surface area contributed by atoms with Crippen LogP contribution in [0.1, 0.15) is 9.67 Å². The Labute approximate surface area is 135 Å². The van der Waals surface area contributed by atoms with Gasteiger partial charge >= 0.3 is 5.97 Å². The van der Waals surface area contributed by atoms with Crippen molar-refractivity contribution in [3.05, 3.63) is 53.9 Å². The van der Waals surface area contributed by atoms with Crippen molar-refractivity contribution in [3.63, 3.8) is 0 Å². The lowest BCUT2D eigenvalue weighted by Crippen LogP contribution is -1.94. The van der Waals surface area contributed by atoms with Gasteiger partial charge in [-0.25, -0.2) is 9.78 Å². The summed E-state index contributed by atoms with van der Waals surface area (Å²) in [7, 11) is 1.91. The molecule has 0 amide bonds. The van der Waals surface area contributed by atoms with Crippen molar-refractivity contribution >= 4 is 27.5 Å². The summed E-state index contributed by atoms with van der Waals surface area (Å²) < 4.78 is 8.39. The number of thiophene rings is 1. The molecule has 1 aromatic carbocycles. The molecule has 0 fully saturated rings. The number of aromatic carboxylic acids is 1. The largest absolute Gasteiger partial charge is 0.477 e. The molecule has 0 aliphatic rings. The summed E-state index contributed by atoms with van der Waals surface area (Å²) in [6.45, 7) is 0. The van der Waals surface area contributed by atoms with Gasteiger partial charge in [-0.1, -0.05) is 30.3 Å². The van der Waals surface area contributed by atoms with Gasteiger partial charge in [-0.15, -0.1) is 11.3 Å². The van der Waals surface area contributed by atoms with E-state index < -0.39 is 5.97 Å². The fourth-order valence-corrected chi connectivity index (χ4v) is 3.90. The van der Waals surface area contributed by atoms with Crippen LogP contribution in [0.25, 0.3) is 32.8 Å².